The van der Waals surface area contributed by atoms with Crippen molar-refractivity contribution in [3.05, 3.63) is 29.3 Å². The number of carbonyl (C=O) groups is 2. The van der Waals surface area contributed by atoms with Crippen LogP contribution in [0.4, 0.5) is 5.69 Å². The van der Waals surface area contributed by atoms with Gasteiger partial charge < -0.3 is 5.73 Å². The number of carbonyl (C=O) groups excluding carboxylic acids is 2. The van der Waals surface area contributed by atoms with E-state index in [0.29, 0.717) is 23.4 Å². The van der Waals surface area contributed by atoms with E-state index < -0.39 is 0 Å². The molecule has 0 spiro atoms. The largest absolute Gasteiger partial charge is 0.398 e. The summed E-state index contributed by atoms with van der Waals surface area (Å²) in [5, 5.41) is 0. The van der Waals surface area contributed by atoms with Crippen molar-refractivity contribution in [1.29, 1.82) is 0 Å². The van der Waals surface area contributed by atoms with Crippen molar-refractivity contribution in [2.24, 2.45) is 5.41 Å². The molecular weight excluding hydrogens is 240 g/mol. The van der Waals surface area contributed by atoms with Crippen molar-refractivity contribution in [2.75, 3.05) is 12.3 Å². The van der Waals surface area contributed by atoms with Crippen LogP contribution in [0.15, 0.2) is 18.2 Å². The number of anilines is 1. The molecule has 100 valence electrons. The number of hydrogen-bond donors (Lipinski definition) is 1. The number of nitrogens with two attached hydrogens (primary N) is 1. The third-order valence-corrected chi connectivity index (χ3v) is 4.69. The zero-order chi connectivity index (χ0) is 13.6. The number of amides is 2. The number of nitrogen functional groups attached to an aromatic ring is 1. The van der Waals surface area contributed by atoms with E-state index in [9.17, 15) is 9.59 Å². The lowest BCUT2D eigenvalue weighted by molar-refractivity contribution is 0.0410. The molecule has 1 saturated carbocycles. The first-order valence-electron chi connectivity index (χ1n) is 6.83. The molecule has 0 radical (unpaired) electrons. The van der Waals surface area contributed by atoms with Crippen molar-refractivity contribution in [3.8, 4) is 0 Å². The number of fused-ring (bicyclic) bond motifs is 1. The molecule has 4 heteroatoms. The molecule has 3 rings (SSSR count). The van der Waals surface area contributed by atoms with E-state index in [-0.39, 0.29) is 17.2 Å². The fourth-order valence-corrected chi connectivity index (χ4v) is 3.14. The predicted molar refractivity (Wildman–Crippen MR) is 72.8 cm³/mol. The maximum absolute atomic E-state index is 12.4. The van der Waals surface area contributed by atoms with Gasteiger partial charge in [-0.05, 0) is 36.8 Å². The maximum Gasteiger partial charge on any atom is 0.263 e. The number of nitrogens with zero attached hydrogens (tertiary/aromatic N) is 1. The van der Waals surface area contributed by atoms with Gasteiger partial charge in [0.25, 0.3) is 11.8 Å². The topological polar surface area (TPSA) is 63.4 Å². The van der Waals surface area contributed by atoms with Gasteiger partial charge in [0.2, 0.25) is 0 Å². The van der Waals surface area contributed by atoms with Gasteiger partial charge in [-0.3, -0.25) is 14.5 Å². The normalized spacial score (nSPS) is 20.4. The minimum absolute atomic E-state index is 0.141. The van der Waals surface area contributed by atoms with Crippen molar-refractivity contribution in [1.82, 2.24) is 4.90 Å². The molecule has 1 fully saturated rings. The Labute approximate surface area is 112 Å². The molecule has 1 aromatic rings. The smallest absolute Gasteiger partial charge is 0.263 e. The van der Waals surface area contributed by atoms with Crippen LogP contribution in [-0.2, 0) is 0 Å². The molecule has 2 aliphatic rings. The summed E-state index contributed by atoms with van der Waals surface area (Å²) in [7, 11) is 0. The summed E-state index contributed by atoms with van der Waals surface area (Å²) in [6, 6.07) is 5.08. The van der Waals surface area contributed by atoms with E-state index in [1.165, 1.54) is 11.3 Å². The van der Waals surface area contributed by atoms with Gasteiger partial charge in [0.15, 0.2) is 0 Å². The first-order chi connectivity index (χ1) is 9.08. The lowest BCUT2D eigenvalue weighted by atomic mass is 9.67. The molecule has 0 bridgehead atoms. The molecular formula is C15H18N2O2. The zero-order valence-corrected chi connectivity index (χ0v) is 11.1. The van der Waals surface area contributed by atoms with Crippen LogP contribution in [-0.4, -0.2) is 23.3 Å². The second-order valence-electron chi connectivity index (χ2n) is 5.67. The number of rotatable bonds is 3. The molecule has 0 unspecified atom stereocenters. The van der Waals surface area contributed by atoms with Crippen LogP contribution >= 0.6 is 0 Å². The molecule has 0 atom stereocenters. The molecule has 0 aromatic heterocycles. The maximum atomic E-state index is 12.4. The highest BCUT2D eigenvalue weighted by atomic mass is 16.2. The van der Waals surface area contributed by atoms with Gasteiger partial charge >= 0.3 is 0 Å². The summed E-state index contributed by atoms with van der Waals surface area (Å²) >= 11 is 0. The van der Waals surface area contributed by atoms with E-state index in [0.717, 1.165) is 19.3 Å². The second kappa shape index (κ2) is 4.08. The van der Waals surface area contributed by atoms with Gasteiger partial charge in [0, 0.05) is 12.2 Å². The molecule has 2 N–H and O–H groups in total. The number of benzene rings is 1. The summed E-state index contributed by atoms with van der Waals surface area (Å²) in [5.41, 5.74) is 7.21. The first kappa shape index (κ1) is 12.2. The lowest BCUT2D eigenvalue weighted by Gasteiger charge is -2.43. The quantitative estimate of drug-likeness (QED) is 0.669. The Bertz CT molecular complexity index is 556. The zero-order valence-electron chi connectivity index (χ0n) is 11.1. The molecule has 4 nitrogen and oxygen atoms in total. The molecule has 1 aliphatic heterocycles. The van der Waals surface area contributed by atoms with Crippen molar-refractivity contribution >= 4 is 17.5 Å². The average Bonchev–Trinajstić information content (AvgIpc) is 2.59. The Kier molecular flexibility index (Phi) is 2.62. The second-order valence-corrected chi connectivity index (χ2v) is 5.67. The lowest BCUT2D eigenvalue weighted by Crippen LogP contribution is -2.44. The van der Waals surface area contributed by atoms with E-state index in [2.05, 4.69) is 6.92 Å². The monoisotopic (exact) mass is 258 g/mol. The molecule has 1 aromatic carbocycles. The first-order valence-corrected chi connectivity index (χ1v) is 6.83. The Morgan fingerprint density at radius 2 is 2.00 bits per heavy atom. The van der Waals surface area contributed by atoms with Crippen LogP contribution < -0.4 is 5.73 Å². The summed E-state index contributed by atoms with van der Waals surface area (Å²) in [5.74, 6) is -0.412. The van der Waals surface area contributed by atoms with Crippen molar-refractivity contribution in [3.63, 3.8) is 0 Å². The SMILES string of the molecule is CCC1(CN2C(=O)c3cccc(N)c3C2=O)CCC1. The number of imide groups is 1. The van der Waals surface area contributed by atoms with Crippen LogP contribution in [0.3, 0.4) is 0 Å². The molecule has 0 saturated heterocycles. The summed E-state index contributed by atoms with van der Waals surface area (Å²) in [4.78, 5) is 26.1. The standard InChI is InChI=1S/C15H18N2O2/c1-2-15(7-4-8-15)9-17-13(18)10-5-3-6-11(16)12(10)14(17)19/h3,5-6H,2,4,7-9,16H2,1H3. The van der Waals surface area contributed by atoms with Crippen LogP contribution in [0.5, 0.6) is 0 Å². The Balaban J connectivity index is 1.93. The van der Waals surface area contributed by atoms with Crippen LogP contribution in [0.25, 0.3) is 0 Å². The Morgan fingerprint density at radius 1 is 1.26 bits per heavy atom. The van der Waals surface area contributed by atoms with E-state index >= 15 is 0 Å². The van der Waals surface area contributed by atoms with Crippen molar-refractivity contribution in [2.45, 2.75) is 32.6 Å². The van der Waals surface area contributed by atoms with E-state index in [1.54, 1.807) is 18.2 Å². The van der Waals surface area contributed by atoms with Gasteiger partial charge in [-0.25, -0.2) is 0 Å². The van der Waals surface area contributed by atoms with Gasteiger partial charge in [0.05, 0.1) is 11.1 Å². The van der Waals surface area contributed by atoms with Gasteiger partial charge in [-0.15, -0.1) is 0 Å². The third kappa shape index (κ3) is 1.66. The number of hydrogen-bond acceptors (Lipinski definition) is 3. The fraction of sp³-hybridized carbons (Fsp3) is 0.467. The Morgan fingerprint density at radius 3 is 2.53 bits per heavy atom. The van der Waals surface area contributed by atoms with Crippen LogP contribution in [0.2, 0.25) is 0 Å². The third-order valence-electron chi connectivity index (χ3n) is 4.69. The average molecular weight is 258 g/mol. The predicted octanol–water partition coefficient (Wildman–Crippen LogP) is 2.45. The van der Waals surface area contributed by atoms with E-state index in [1.807, 2.05) is 0 Å². The van der Waals surface area contributed by atoms with Crippen LogP contribution in [0.1, 0.15) is 53.3 Å². The van der Waals surface area contributed by atoms with Gasteiger partial charge in [0.1, 0.15) is 0 Å². The Hall–Kier alpha value is -1.84. The highest BCUT2D eigenvalue weighted by Crippen LogP contribution is 2.45. The molecule has 1 aliphatic carbocycles. The van der Waals surface area contributed by atoms with E-state index in [4.69, 9.17) is 5.73 Å². The molecule has 1 heterocycles. The summed E-state index contributed by atoms with van der Waals surface area (Å²) in [6.07, 6.45) is 4.41. The van der Waals surface area contributed by atoms with Crippen LogP contribution in [0, 0.1) is 5.41 Å². The highest BCUT2D eigenvalue weighted by molar-refractivity contribution is 6.23. The minimum Gasteiger partial charge on any atom is -0.398 e. The summed E-state index contributed by atoms with van der Waals surface area (Å²) in [6.45, 7) is 2.67. The highest BCUT2D eigenvalue weighted by Gasteiger charge is 2.44. The minimum atomic E-state index is -0.224. The van der Waals surface area contributed by atoms with Gasteiger partial charge in [-0.2, -0.15) is 0 Å². The van der Waals surface area contributed by atoms with Gasteiger partial charge in [-0.1, -0.05) is 19.4 Å². The molecule has 19 heavy (non-hydrogen) atoms. The molecule has 2 amide bonds. The van der Waals surface area contributed by atoms with Crippen molar-refractivity contribution < 1.29 is 9.59 Å². The summed E-state index contributed by atoms with van der Waals surface area (Å²) < 4.78 is 0. The fourth-order valence-electron chi connectivity index (χ4n) is 3.14.